The van der Waals surface area contributed by atoms with Crippen molar-refractivity contribution in [2.45, 2.75) is 71.1 Å². The third kappa shape index (κ3) is 8.44. The highest BCUT2D eigenvalue weighted by atomic mass is 32.1. The van der Waals surface area contributed by atoms with Crippen molar-refractivity contribution in [1.29, 1.82) is 0 Å². The number of carbonyl (C=O) groups excluding carboxylic acids is 1. The Morgan fingerprint density at radius 1 is 1.17 bits per heavy atom. The summed E-state index contributed by atoms with van der Waals surface area (Å²) in [7, 11) is 0. The predicted octanol–water partition coefficient (Wildman–Crippen LogP) is 6.15. The smallest absolute Gasteiger partial charge is 0.278 e. The maximum atomic E-state index is 13.1. The summed E-state index contributed by atoms with van der Waals surface area (Å²) in [5.74, 6) is -1.15. The lowest BCUT2D eigenvalue weighted by molar-refractivity contribution is -0.115. The van der Waals surface area contributed by atoms with Crippen molar-refractivity contribution in [3.8, 4) is 5.88 Å². The van der Waals surface area contributed by atoms with Gasteiger partial charge in [0.05, 0.1) is 10.7 Å². The number of rotatable bonds is 10. The molecule has 8 heteroatoms. The van der Waals surface area contributed by atoms with E-state index in [0.717, 1.165) is 74.6 Å². The topological polar surface area (TPSA) is 55.3 Å². The Bertz CT molecular complexity index is 1040. The highest BCUT2D eigenvalue weighted by molar-refractivity contribution is 7.09. The Morgan fingerprint density at radius 2 is 1.92 bits per heavy atom. The van der Waals surface area contributed by atoms with Gasteiger partial charge in [-0.1, -0.05) is 18.9 Å². The Labute approximate surface area is 217 Å². The van der Waals surface area contributed by atoms with E-state index < -0.39 is 12.5 Å². The monoisotopic (exact) mass is 517 g/mol. The van der Waals surface area contributed by atoms with Crippen molar-refractivity contribution < 1.29 is 18.3 Å². The Hall–Kier alpha value is -2.19. The van der Waals surface area contributed by atoms with E-state index in [1.54, 1.807) is 23.5 Å². The predicted molar refractivity (Wildman–Crippen MR) is 140 cm³/mol. The summed E-state index contributed by atoms with van der Waals surface area (Å²) in [5, 5.41) is 3.00. The summed E-state index contributed by atoms with van der Waals surface area (Å²) in [5.41, 5.74) is 3.03. The van der Waals surface area contributed by atoms with Crippen LogP contribution in [0.3, 0.4) is 0 Å². The van der Waals surface area contributed by atoms with Gasteiger partial charge >= 0.3 is 0 Å². The number of carbonyl (C=O) groups is 1. The third-order valence-electron chi connectivity index (χ3n) is 7.27. The van der Waals surface area contributed by atoms with Crippen LogP contribution in [0.5, 0.6) is 5.88 Å². The second-order valence-electron chi connectivity index (χ2n) is 10.4. The van der Waals surface area contributed by atoms with Crippen LogP contribution in [0.4, 0.5) is 8.78 Å². The first-order chi connectivity index (χ1) is 17.2. The largest absolute Gasteiger partial charge is 0.471 e. The van der Waals surface area contributed by atoms with Gasteiger partial charge in [0.2, 0.25) is 5.88 Å². The number of pyridine rings is 1. The Balaban J connectivity index is 1.15. The number of thiazole rings is 1. The first-order valence-electron chi connectivity index (χ1n) is 13.1. The molecule has 5 nitrogen and oxygen atoms in total. The van der Waals surface area contributed by atoms with Crippen LogP contribution in [-0.2, 0) is 17.6 Å². The number of nitrogens with zero attached hydrogens (tertiary/aromatic N) is 3. The Morgan fingerprint density at radius 3 is 2.64 bits per heavy atom. The number of alkyl halides is 2. The van der Waals surface area contributed by atoms with E-state index in [9.17, 15) is 13.6 Å². The number of hydrogen-bond donors (Lipinski definition) is 0. The van der Waals surface area contributed by atoms with Crippen molar-refractivity contribution in [3.63, 3.8) is 0 Å². The van der Waals surface area contributed by atoms with Gasteiger partial charge in [0.15, 0.2) is 12.4 Å². The van der Waals surface area contributed by atoms with Crippen molar-refractivity contribution in [1.82, 2.24) is 14.9 Å². The molecule has 0 saturated heterocycles. The van der Waals surface area contributed by atoms with E-state index in [1.807, 2.05) is 24.4 Å². The second-order valence-corrected chi connectivity index (χ2v) is 11.5. The number of fused-ring (bicyclic) bond motifs is 1. The molecule has 0 bridgehead atoms. The molecule has 2 aliphatic rings. The van der Waals surface area contributed by atoms with Gasteiger partial charge in [0.25, 0.3) is 5.92 Å². The van der Waals surface area contributed by atoms with E-state index in [0.29, 0.717) is 12.3 Å². The molecule has 0 spiro atoms. The lowest BCUT2D eigenvalue weighted by atomic mass is 9.78. The number of ether oxygens (including phenoxy) is 1. The molecule has 0 atom stereocenters. The molecule has 0 unspecified atom stereocenters. The first kappa shape index (κ1) is 26.9. The molecule has 1 aliphatic heterocycles. The molecular formula is C28H37F2N3O2S. The Kier molecular flexibility index (Phi) is 9.23. The van der Waals surface area contributed by atoms with E-state index >= 15 is 0 Å². The van der Waals surface area contributed by atoms with Crippen LogP contribution in [0.15, 0.2) is 23.6 Å². The van der Waals surface area contributed by atoms with Crippen molar-refractivity contribution in [2.24, 2.45) is 11.8 Å². The van der Waals surface area contributed by atoms with Crippen molar-refractivity contribution in [2.75, 3.05) is 26.2 Å². The van der Waals surface area contributed by atoms with Crippen LogP contribution in [0, 0.1) is 18.8 Å². The zero-order valence-corrected chi connectivity index (χ0v) is 22.2. The van der Waals surface area contributed by atoms with Gasteiger partial charge in [0, 0.05) is 50.0 Å². The highest BCUT2D eigenvalue weighted by Crippen LogP contribution is 2.33. The highest BCUT2D eigenvalue weighted by Gasteiger charge is 2.25. The molecule has 0 aromatic carbocycles. The standard InChI is InChI=1S/C28H37F2N3O2S/c1-20-31-24(18-36-20)8-9-25(34)17-22-5-3-21(4-6-22)11-14-33-15-12-23-7-10-27(32-26(23)13-16-33)35-19-28(2,29)30/h7-10,18,21-22H,3-6,11-17,19H2,1-2H3/b9-8+. The zero-order chi connectivity index (χ0) is 25.5. The van der Waals surface area contributed by atoms with E-state index in [1.165, 1.54) is 24.8 Å². The maximum absolute atomic E-state index is 13.1. The fraction of sp³-hybridized carbons (Fsp3) is 0.607. The van der Waals surface area contributed by atoms with Gasteiger partial charge < -0.3 is 9.64 Å². The van der Waals surface area contributed by atoms with E-state index in [2.05, 4.69) is 14.9 Å². The maximum Gasteiger partial charge on any atom is 0.278 e. The van der Waals surface area contributed by atoms with Gasteiger partial charge in [-0.25, -0.2) is 18.7 Å². The molecule has 1 fully saturated rings. The molecule has 1 aliphatic carbocycles. The molecule has 36 heavy (non-hydrogen) atoms. The summed E-state index contributed by atoms with van der Waals surface area (Å²) >= 11 is 1.60. The molecule has 2 aromatic heterocycles. The molecule has 0 amide bonds. The second kappa shape index (κ2) is 12.4. The summed E-state index contributed by atoms with van der Waals surface area (Å²) < 4.78 is 31.4. The average Bonchev–Trinajstić information content (AvgIpc) is 3.15. The molecule has 0 N–H and O–H groups in total. The molecule has 4 rings (SSSR count). The van der Waals surface area contributed by atoms with Gasteiger partial charge in [-0.15, -0.1) is 11.3 Å². The number of hydrogen-bond acceptors (Lipinski definition) is 6. The first-order valence-corrected chi connectivity index (χ1v) is 14.0. The van der Waals surface area contributed by atoms with Gasteiger partial charge in [-0.05, 0) is 68.7 Å². The number of aromatic nitrogens is 2. The van der Waals surface area contributed by atoms with Crippen molar-refractivity contribution in [3.05, 3.63) is 45.5 Å². The molecule has 3 heterocycles. The van der Waals surface area contributed by atoms with Crippen LogP contribution in [0.25, 0.3) is 6.08 Å². The van der Waals surface area contributed by atoms with Crippen molar-refractivity contribution >= 4 is 23.2 Å². The SMILES string of the molecule is Cc1nc(/C=C/C(=O)CC2CCC(CCN3CCc4ccc(OCC(C)(F)F)nc4CC3)CC2)cs1. The number of allylic oxidation sites excluding steroid dienone is 1. The minimum Gasteiger partial charge on any atom is -0.471 e. The minimum absolute atomic E-state index is 0.207. The summed E-state index contributed by atoms with van der Waals surface area (Å²) in [4.78, 5) is 23.8. The van der Waals surface area contributed by atoms with Crippen LogP contribution >= 0.6 is 11.3 Å². The van der Waals surface area contributed by atoms with Crippen LogP contribution in [-0.4, -0.2) is 52.8 Å². The summed E-state index contributed by atoms with van der Waals surface area (Å²) in [6, 6.07) is 3.68. The summed E-state index contributed by atoms with van der Waals surface area (Å²) in [6.45, 7) is 5.17. The fourth-order valence-electron chi connectivity index (χ4n) is 5.19. The number of halogens is 2. The number of ketones is 1. The van der Waals surface area contributed by atoms with Crippen LogP contribution in [0.1, 0.15) is 67.4 Å². The summed E-state index contributed by atoms with van der Waals surface area (Å²) in [6.07, 6.45) is 11.8. The normalized spacial score (nSPS) is 21.3. The molecular weight excluding hydrogens is 480 g/mol. The van der Waals surface area contributed by atoms with Crippen LogP contribution < -0.4 is 4.74 Å². The molecule has 0 radical (unpaired) electrons. The fourth-order valence-corrected chi connectivity index (χ4v) is 5.77. The lowest BCUT2D eigenvalue weighted by Crippen LogP contribution is -2.29. The zero-order valence-electron chi connectivity index (χ0n) is 21.3. The van der Waals surface area contributed by atoms with Gasteiger partial charge in [-0.2, -0.15) is 0 Å². The minimum atomic E-state index is -2.86. The molecule has 1 saturated carbocycles. The number of aryl methyl sites for hydroxylation is 1. The van der Waals surface area contributed by atoms with E-state index in [-0.39, 0.29) is 11.7 Å². The lowest BCUT2D eigenvalue weighted by Gasteiger charge is -2.30. The quantitative estimate of drug-likeness (QED) is 0.354. The van der Waals surface area contributed by atoms with Gasteiger partial charge in [0.1, 0.15) is 0 Å². The molecule has 2 aromatic rings. The van der Waals surface area contributed by atoms with Crippen LogP contribution in [0.2, 0.25) is 0 Å². The third-order valence-corrected chi connectivity index (χ3v) is 8.06. The average molecular weight is 518 g/mol. The van der Waals surface area contributed by atoms with E-state index in [4.69, 9.17) is 4.74 Å². The van der Waals surface area contributed by atoms with Gasteiger partial charge in [-0.3, -0.25) is 4.79 Å². The molecule has 196 valence electrons.